The number of hydrogen-bond acceptors (Lipinski definition) is 4. The van der Waals surface area contributed by atoms with Gasteiger partial charge in [-0.25, -0.2) is 13.1 Å². The Morgan fingerprint density at radius 3 is 2.26 bits per heavy atom. The molecule has 0 aromatic carbocycles. The lowest BCUT2D eigenvalue weighted by molar-refractivity contribution is 0.411. The Morgan fingerprint density at radius 1 is 1.26 bits per heavy atom. The van der Waals surface area contributed by atoms with Crippen LogP contribution in [-0.4, -0.2) is 15.0 Å². The second-order valence-corrected chi connectivity index (χ2v) is 7.97. The van der Waals surface area contributed by atoms with Crippen molar-refractivity contribution in [1.29, 1.82) is 0 Å². The van der Waals surface area contributed by atoms with Crippen molar-refractivity contribution < 1.29 is 12.8 Å². The SMILES string of the molecule is CC1(C)C(CNS(=O)(=O)c2ccc(CN)o2)C1(C)C. The summed E-state index contributed by atoms with van der Waals surface area (Å²) in [6.07, 6.45) is 0. The van der Waals surface area contributed by atoms with E-state index >= 15 is 0 Å². The van der Waals surface area contributed by atoms with Gasteiger partial charge in [-0.2, -0.15) is 0 Å². The van der Waals surface area contributed by atoms with Crippen LogP contribution in [0, 0.1) is 16.7 Å². The number of nitrogens with one attached hydrogen (secondary N) is 1. The largest absolute Gasteiger partial charge is 0.447 e. The van der Waals surface area contributed by atoms with Crippen LogP contribution in [0.5, 0.6) is 0 Å². The van der Waals surface area contributed by atoms with E-state index < -0.39 is 10.0 Å². The van der Waals surface area contributed by atoms with Crippen molar-refractivity contribution in [2.24, 2.45) is 22.5 Å². The van der Waals surface area contributed by atoms with Crippen molar-refractivity contribution in [2.45, 2.75) is 39.3 Å². The van der Waals surface area contributed by atoms with Crippen LogP contribution in [0.2, 0.25) is 0 Å². The molecule has 0 spiro atoms. The average molecular weight is 286 g/mol. The third kappa shape index (κ3) is 2.32. The third-order valence-corrected chi connectivity index (χ3v) is 6.20. The number of rotatable bonds is 5. The summed E-state index contributed by atoms with van der Waals surface area (Å²) in [5, 5.41) is -0.0655. The first-order chi connectivity index (χ1) is 8.63. The van der Waals surface area contributed by atoms with E-state index in [0.29, 0.717) is 18.2 Å². The Kier molecular flexibility index (Phi) is 3.32. The van der Waals surface area contributed by atoms with E-state index in [1.54, 1.807) is 6.07 Å². The average Bonchev–Trinajstić information content (AvgIpc) is 2.72. The van der Waals surface area contributed by atoms with E-state index in [4.69, 9.17) is 10.2 Å². The lowest BCUT2D eigenvalue weighted by Crippen LogP contribution is -2.27. The maximum Gasteiger partial charge on any atom is 0.273 e. The molecule has 1 aliphatic carbocycles. The Bertz CT molecular complexity index is 558. The molecule has 0 atom stereocenters. The molecule has 0 amide bonds. The molecule has 1 saturated carbocycles. The molecule has 2 rings (SSSR count). The highest BCUT2D eigenvalue weighted by atomic mass is 32.2. The first-order valence-electron chi connectivity index (χ1n) is 6.41. The van der Waals surface area contributed by atoms with Gasteiger partial charge in [0.1, 0.15) is 5.76 Å². The maximum atomic E-state index is 12.1. The van der Waals surface area contributed by atoms with Gasteiger partial charge in [0.25, 0.3) is 10.0 Å². The molecule has 1 aromatic heterocycles. The normalized spacial score (nSPS) is 21.5. The molecule has 1 heterocycles. The summed E-state index contributed by atoms with van der Waals surface area (Å²) in [7, 11) is -3.58. The van der Waals surface area contributed by atoms with Crippen LogP contribution in [-0.2, 0) is 16.6 Å². The Hall–Kier alpha value is -0.850. The molecule has 19 heavy (non-hydrogen) atoms. The number of furan rings is 1. The number of sulfonamides is 1. The van der Waals surface area contributed by atoms with Crippen LogP contribution in [0.15, 0.2) is 21.6 Å². The molecule has 0 aliphatic heterocycles. The van der Waals surface area contributed by atoms with Crippen molar-refractivity contribution in [3.63, 3.8) is 0 Å². The highest BCUT2D eigenvalue weighted by Crippen LogP contribution is 2.67. The highest BCUT2D eigenvalue weighted by Gasteiger charge is 2.64. The van der Waals surface area contributed by atoms with Gasteiger partial charge in [0.05, 0.1) is 6.54 Å². The van der Waals surface area contributed by atoms with Gasteiger partial charge in [0.15, 0.2) is 0 Å². The van der Waals surface area contributed by atoms with Gasteiger partial charge in [-0.3, -0.25) is 0 Å². The van der Waals surface area contributed by atoms with Gasteiger partial charge in [-0.1, -0.05) is 27.7 Å². The monoisotopic (exact) mass is 286 g/mol. The fourth-order valence-electron chi connectivity index (χ4n) is 2.72. The number of hydrogen-bond donors (Lipinski definition) is 2. The van der Waals surface area contributed by atoms with E-state index in [1.807, 2.05) is 0 Å². The zero-order valence-corrected chi connectivity index (χ0v) is 12.7. The molecule has 3 N–H and O–H groups in total. The van der Waals surface area contributed by atoms with Gasteiger partial charge in [0.2, 0.25) is 5.09 Å². The zero-order valence-electron chi connectivity index (χ0n) is 11.9. The molecule has 1 fully saturated rings. The maximum absolute atomic E-state index is 12.1. The van der Waals surface area contributed by atoms with E-state index in [1.165, 1.54) is 6.07 Å². The van der Waals surface area contributed by atoms with E-state index in [0.717, 1.165) is 0 Å². The number of nitrogens with two attached hydrogens (primary N) is 1. The fraction of sp³-hybridized carbons (Fsp3) is 0.692. The van der Waals surface area contributed by atoms with Crippen molar-refractivity contribution >= 4 is 10.0 Å². The zero-order chi connectivity index (χ0) is 14.5. The summed E-state index contributed by atoms with van der Waals surface area (Å²) in [6.45, 7) is 9.26. The molecule has 6 heteroatoms. The van der Waals surface area contributed by atoms with Gasteiger partial charge < -0.3 is 10.2 Å². The summed E-state index contributed by atoms with van der Waals surface area (Å²) in [5.41, 5.74) is 5.71. The Morgan fingerprint density at radius 2 is 1.84 bits per heavy atom. The summed E-state index contributed by atoms with van der Waals surface area (Å²) < 4.78 is 31.9. The minimum absolute atomic E-state index is 0.0655. The molecule has 0 radical (unpaired) electrons. The van der Waals surface area contributed by atoms with E-state index in [9.17, 15) is 8.42 Å². The quantitative estimate of drug-likeness (QED) is 0.862. The molecular weight excluding hydrogens is 264 g/mol. The van der Waals surface area contributed by atoms with Crippen LogP contribution >= 0.6 is 0 Å². The van der Waals surface area contributed by atoms with Crippen LogP contribution in [0.4, 0.5) is 0 Å². The molecule has 1 aliphatic rings. The summed E-state index contributed by atoms with van der Waals surface area (Å²) in [6, 6.07) is 3.02. The predicted molar refractivity (Wildman–Crippen MR) is 72.8 cm³/mol. The van der Waals surface area contributed by atoms with E-state index in [-0.39, 0.29) is 22.5 Å². The van der Waals surface area contributed by atoms with Gasteiger partial charge >= 0.3 is 0 Å². The molecular formula is C13H22N2O3S. The second-order valence-electron chi connectivity index (χ2n) is 6.27. The molecule has 0 bridgehead atoms. The smallest absolute Gasteiger partial charge is 0.273 e. The van der Waals surface area contributed by atoms with Gasteiger partial charge in [-0.05, 0) is 28.9 Å². The third-order valence-electron chi connectivity index (χ3n) is 4.90. The van der Waals surface area contributed by atoms with Crippen molar-refractivity contribution in [3.8, 4) is 0 Å². The molecule has 0 saturated heterocycles. The first kappa shape index (κ1) is 14.6. The van der Waals surface area contributed by atoms with Crippen molar-refractivity contribution in [3.05, 3.63) is 17.9 Å². The van der Waals surface area contributed by atoms with Crippen LogP contribution in [0.3, 0.4) is 0 Å². The molecule has 108 valence electrons. The summed E-state index contributed by atoms with van der Waals surface area (Å²) in [5.74, 6) is 0.797. The molecule has 0 unspecified atom stereocenters. The summed E-state index contributed by atoms with van der Waals surface area (Å²) >= 11 is 0. The molecule has 1 aromatic rings. The van der Waals surface area contributed by atoms with Crippen LogP contribution in [0.25, 0.3) is 0 Å². The standard InChI is InChI=1S/C13H22N2O3S/c1-12(2)10(13(12,3)4)8-15-19(16,17)11-6-5-9(7-14)18-11/h5-6,10,15H,7-8,14H2,1-4H3. The van der Waals surface area contributed by atoms with Gasteiger partial charge in [-0.15, -0.1) is 0 Å². The fourth-order valence-corrected chi connectivity index (χ4v) is 3.71. The predicted octanol–water partition coefficient (Wildman–Crippen LogP) is 1.70. The Labute approximate surface area is 114 Å². The minimum atomic E-state index is -3.58. The lowest BCUT2D eigenvalue weighted by Gasteiger charge is -2.05. The summed E-state index contributed by atoms with van der Waals surface area (Å²) in [4.78, 5) is 0. The van der Waals surface area contributed by atoms with Crippen LogP contribution in [0.1, 0.15) is 33.5 Å². The van der Waals surface area contributed by atoms with E-state index in [2.05, 4.69) is 32.4 Å². The first-order valence-corrected chi connectivity index (χ1v) is 7.89. The highest BCUT2D eigenvalue weighted by molar-refractivity contribution is 7.89. The Balaban J connectivity index is 2.04. The lowest BCUT2D eigenvalue weighted by atomic mass is 10.0. The topological polar surface area (TPSA) is 85.3 Å². The van der Waals surface area contributed by atoms with Crippen LogP contribution < -0.4 is 10.5 Å². The second kappa shape index (κ2) is 4.33. The van der Waals surface area contributed by atoms with Gasteiger partial charge in [0, 0.05) is 6.54 Å². The van der Waals surface area contributed by atoms with Crippen molar-refractivity contribution in [2.75, 3.05) is 6.54 Å². The minimum Gasteiger partial charge on any atom is -0.447 e. The molecule has 5 nitrogen and oxygen atoms in total. The van der Waals surface area contributed by atoms with Crippen molar-refractivity contribution in [1.82, 2.24) is 4.72 Å².